The number of hydrogen-bond acceptors (Lipinski definition) is 3. The smallest absolute Gasteiger partial charge is 0.216 e. The van der Waals surface area contributed by atoms with E-state index in [2.05, 4.69) is 4.72 Å². The van der Waals surface area contributed by atoms with Crippen LogP contribution in [0.15, 0.2) is 24.3 Å². The molecule has 4 nitrogen and oxygen atoms in total. The van der Waals surface area contributed by atoms with Gasteiger partial charge in [0.15, 0.2) is 0 Å². The average Bonchev–Trinajstić information content (AvgIpc) is 3.11. The molecule has 0 radical (unpaired) electrons. The number of thiocarbonyl (C=S) groups is 1. The van der Waals surface area contributed by atoms with Gasteiger partial charge in [-0.25, -0.2) is 13.1 Å². The van der Waals surface area contributed by atoms with Gasteiger partial charge in [-0.3, -0.25) is 0 Å². The topological polar surface area (TPSA) is 72.2 Å². The average molecular weight is 298 g/mol. The Kier molecular flexibility index (Phi) is 4.23. The van der Waals surface area contributed by atoms with Crippen molar-refractivity contribution in [2.45, 2.75) is 31.6 Å². The third-order valence-electron chi connectivity index (χ3n) is 3.32. The molecule has 0 spiro atoms. The Balaban J connectivity index is 2.13. The van der Waals surface area contributed by atoms with E-state index in [0.717, 1.165) is 12.8 Å². The van der Waals surface area contributed by atoms with Crippen LogP contribution in [0.25, 0.3) is 0 Å². The molecule has 0 amide bonds. The fourth-order valence-electron chi connectivity index (χ4n) is 2.11. The second-order valence-electron chi connectivity index (χ2n) is 5.02. The first-order valence-electron chi connectivity index (χ1n) is 6.27. The van der Waals surface area contributed by atoms with Gasteiger partial charge in [0.05, 0.1) is 5.75 Å². The van der Waals surface area contributed by atoms with Crippen LogP contribution in [-0.2, 0) is 15.8 Å². The zero-order valence-electron chi connectivity index (χ0n) is 10.8. The molecule has 1 atom stereocenters. The lowest BCUT2D eigenvalue weighted by atomic mass is 10.1. The van der Waals surface area contributed by atoms with Gasteiger partial charge in [-0.2, -0.15) is 0 Å². The summed E-state index contributed by atoms with van der Waals surface area (Å²) in [7, 11) is -3.36. The van der Waals surface area contributed by atoms with Gasteiger partial charge in [0.1, 0.15) is 4.99 Å². The first kappa shape index (κ1) is 14.4. The van der Waals surface area contributed by atoms with Crippen LogP contribution in [0.1, 0.15) is 30.9 Å². The third-order valence-corrected chi connectivity index (χ3v) is 4.96. The summed E-state index contributed by atoms with van der Waals surface area (Å²) in [6.07, 6.45) is 2.21. The van der Waals surface area contributed by atoms with Crippen LogP contribution in [0.2, 0.25) is 0 Å². The van der Waals surface area contributed by atoms with E-state index < -0.39 is 10.0 Å². The summed E-state index contributed by atoms with van der Waals surface area (Å²) in [6.45, 7) is 1.91. The molecule has 1 unspecified atom stereocenters. The monoisotopic (exact) mass is 298 g/mol. The van der Waals surface area contributed by atoms with E-state index in [9.17, 15) is 8.42 Å². The van der Waals surface area contributed by atoms with Crippen LogP contribution in [0.4, 0.5) is 0 Å². The van der Waals surface area contributed by atoms with Crippen molar-refractivity contribution in [3.63, 3.8) is 0 Å². The number of rotatable bonds is 6. The minimum atomic E-state index is -3.36. The first-order valence-corrected chi connectivity index (χ1v) is 8.33. The first-order chi connectivity index (χ1) is 8.89. The van der Waals surface area contributed by atoms with E-state index in [1.807, 2.05) is 6.92 Å². The normalized spacial score (nSPS) is 17.1. The van der Waals surface area contributed by atoms with Gasteiger partial charge in [-0.15, -0.1) is 0 Å². The van der Waals surface area contributed by atoms with Crippen LogP contribution in [0.5, 0.6) is 0 Å². The van der Waals surface area contributed by atoms with Gasteiger partial charge in [0.25, 0.3) is 0 Å². The van der Waals surface area contributed by atoms with Gasteiger partial charge >= 0.3 is 0 Å². The summed E-state index contributed by atoms with van der Waals surface area (Å²) < 4.78 is 27.0. The van der Waals surface area contributed by atoms with E-state index in [1.165, 1.54) is 0 Å². The van der Waals surface area contributed by atoms with Crippen molar-refractivity contribution in [2.24, 2.45) is 11.7 Å². The van der Waals surface area contributed by atoms with E-state index in [-0.39, 0.29) is 16.8 Å². The van der Waals surface area contributed by atoms with Crippen molar-refractivity contribution < 1.29 is 8.42 Å². The molecule has 1 aromatic rings. The number of sulfonamides is 1. The predicted octanol–water partition coefficient (Wildman–Crippen LogP) is 1.54. The molecule has 1 aliphatic rings. The molecule has 1 aliphatic carbocycles. The fraction of sp³-hybridized carbons (Fsp3) is 0.462. The molecule has 0 aromatic heterocycles. The summed E-state index contributed by atoms with van der Waals surface area (Å²) in [5.41, 5.74) is 6.88. The van der Waals surface area contributed by atoms with Gasteiger partial charge in [0, 0.05) is 11.6 Å². The SMILES string of the molecule is CC(NS(=O)(=O)Cc1ccccc1C(N)=S)C1CC1. The van der Waals surface area contributed by atoms with Crippen molar-refractivity contribution in [3.8, 4) is 0 Å². The quantitative estimate of drug-likeness (QED) is 0.781. The standard InChI is InChI=1S/C13H18N2O2S2/c1-9(10-6-7-10)15-19(16,17)8-11-4-2-3-5-12(11)13(14)18/h2-5,9-10,15H,6-8H2,1H3,(H2,14,18). The Morgan fingerprint density at radius 1 is 1.47 bits per heavy atom. The van der Waals surface area contributed by atoms with Crippen molar-refractivity contribution in [2.75, 3.05) is 0 Å². The summed E-state index contributed by atoms with van der Waals surface area (Å²) in [4.78, 5) is 0.223. The maximum Gasteiger partial charge on any atom is 0.216 e. The predicted molar refractivity (Wildman–Crippen MR) is 80.3 cm³/mol. The zero-order chi connectivity index (χ0) is 14.0. The maximum absolute atomic E-state index is 12.1. The zero-order valence-corrected chi connectivity index (χ0v) is 12.4. The second kappa shape index (κ2) is 5.56. The third kappa shape index (κ3) is 3.99. The lowest BCUT2D eigenvalue weighted by molar-refractivity contribution is 0.537. The van der Waals surface area contributed by atoms with Crippen LogP contribution >= 0.6 is 12.2 Å². The van der Waals surface area contributed by atoms with E-state index in [4.69, 9.17) is 18.0 Å². The molecule has 6 heteroatoms. The minimum absolute atomic E-state index is 0.00184. The van der Waals surface area contributed by atoms with Crippen LogP contribution < -0.4 is 10.5 Å². The molecular formula is C13H18N2O2S2. The fourth-order valence-corrected chi connectivity index (χ4v) is 3.81. The van der Waals surface area contributed by atoms with Crippen molar-refractivity contribution in [1.29, 1.82) is 0 Å². The minimum Gasteiger partial charge on any atom is -0.389 e. The summed E-state index contributed by atoms with van der Waals surface area (Å²) in [6, 6.07) is 7.08. The molecule has 1 fully saturated rings. The summed E-state index contributed by atoms with van der Waals surface area (Å²) >= 11 is 4.94. The van der Waals surface area contributed by atoms with Gasteiger partial charge in [-0.1, -0.05) is 36.5 Å². The molecule has 1 saturated carbocycles. The molecule has 2 rings (SSSR count). The number of nitrogens with two attached hydrogens (primary N) is 1. The largest absolute Gasteiger partial charge is 0.389 e. The maximum atomic E-state index is 12.1. The van der Waals surface area contributed by atoms with Gasteiger partial charge in [-0.05, 0) is 31.2 Å². The number of hydrogen-bond donors (Lipinski definition) is 2. The lowest BCUT2D eigenvalue weighted by Gasteiger charge is -2.14. The molecule has 0 saturated heterocycles. The molecule has 104 valence electrons. The van der Waals surface area contributed by atoms with E-state index in [0.29, 0.717) is 17.0 Å². The van der Waals surface area contributed by atoms with Crippen molar-refractivity contribution >= 4 is 27.2 Å². The molecule has 0 aliphatic heterocycles. The summed E-state index contributed by atoms with van der Waals surface area (Å²) in [5.74, 6) is 0.401. The molecular weight excluding hydrogens is 280 g/mol. The molecule has 0 heterocycles. The lowest BCUT2D eigenvalue weighted by Crippen LogP contribution is -2.35. The van der Waals surface area contributed by atoms with Crippen LogP contribution in [0, 0.1) is 5.92 Å². The molecule has 1 aromatic carbocycles. The highest BCUT2D eigenvalue weighted by molar-refractivity contribution is 7.88. The Hall–Kier alpha value is -0.980. The molecule has 19 heavy (non-hydrogen) atoms. The van der Waals surface area contributed by atoms with Crippen molar-refractivity contribution in [1.82, 2.24) is 4.72 Å². The number of nitrogens with one attached hydrogen (secondary N) is 1. The van der Waals surface area contributed by atoms with Crippen molar-refractivity contribution in [3.05, 3.63) is 35.4 Å². The van der Waals surface area contributed by atoms with E-state index >= 15 is 0 Å². The highest BCUT2D eigenvalue weighted by atomic mass is 32.2. The van der Waals surface area contributed by atoms with Gasteiger partial charge < -0.3 is 5.73 Å². The molecule has 3 N–H and O–H groups in total. The van der Waals surface area contributed by atoms with Crippen LogP contribution in [0.3, 0.4) is 0 Å². The summed E-state index contributed by atoms with van der Waals surface area (Å²) in [5, 5.41) is 0. The Bertz CT molecular complexity index is 580. The highest BCUT2D eigenvalue weighted by Crippen LogP contribution is 2.32. The van der Waals surface area contributed by atoms with Crippen LogP contribution in [-0.4, -0.2) is 19.4 Å². The van der Waals surface area contributed by atoms with E-state index in [1.54, 1.807) is 24.3 Å². The Morgan fingerprint density at radius 3 is 2.68 bits per heavy atom. The Morgan fingerprint density at radius 2 is 2.11 bits per heavy atom. The molecule has 0 bridgehead atoms. The Labute approximate surface area is 119 Å². The highest BCUT2D eigenvalue weighted by Gasteiger charge is 2.30. The second-order valence-corrected chi connectivity index (χ2v) is 7.22. The number of benzene rings is 1. The van der Waals surface area contributed by atoms with Gasteiger partial charge in [0.2, 0.25) is 10.0 Å².